The molecule has 1 aliphatic heterocycles. The van der Waals surface area contributed by atoms with Crippen LogP contribution in [0, 0.1) is 11.8 Å². The molecule has 0 spiro atoms. The predicted molar refractivity (Wildman–Crippen MR) is 99.8 cm³/mol. The van der Waals surface area contributed by atoms with Gasteiger partial charge < -0.3 is 10.6 Å². The van der Waals surface area contributed by atoms with Crippen molar-refractivity contribution in [3.05, 3.63) is 34.3 Å². The van der Waals surface area contributed by atoms with Crippen molar-refractivity contribution in [3.8, 4) is 0 Å². The van der Waals surface area contributed by atoms with Crippen LogP contribution in [-0.2, 0) is 10.3 Å². The number of amides is 1. The normalized spacial score (nSPS) is 21.7. The second-order valence-corrected chi connectivity index (χ2v) is 7.77. The summed E-state index contributed by atoms with van der Waals surface area (Å²) < 4.78 is 1.08. The van der Waals surface area contributed by atoms with E-state index < -0.39 is 0 Å². The molecule has 128 valence electrons. The predicted octanol–water partition coefficient (Wildman–Crippen LogP) is 4.00. The van der Waals surface area contributed by atoms with Gasteiger partial charge in [0, 0.05) is 10.4 Å². The number of nitrogens with one attached hydrogen (secondary N) is 2. The van der Waals surface area contributed by atoms with Gasteiger partial charge in [-0.1, -0.05) is 54.2 Å². The lowest BCUT2D eigenvalue weighted by atomic mass is 9.76. The maximum atomic E-state index is 12.8. The Labute approximate surface area is 153 Å². The molecule has 2 N–H and O–H groups in total. The van der Waals surface area contributed by atoms with Crippen LogP contribution in [0.15, 0.2) is 28.7 Å². The number of rotatable bonds is 4. The zero-order valence-corrected chi connectivity index (χ0v) is 16.0. The van der Waals surface area contributed by atoms with Crippen LogP contribution in [-0.4, -0.2) is 19.0 Å². The smallest absolute Gasteiger partial charge is 0.223 e. The van der Waals surface area contributed by atoms with Crippen molar-refractivity contribution in [2.75, 3.05) is 13.1 Å². The van der Waals surface area contributed by atoms with E-state index in [9.17, 15) is 4.79 Å². The molecule has 1 aromatic rings. The second kappa shape index (κ2) is 8.00. The molecule has 2 aliphatic rings. The molecule has 1 atom stereocenters. The summed E-state index contributed by atoms with van der Waals surface area (Å²) in [5.41, 5.74) is 1.07. The molecule has 0 bridgehead atoms. The molecule has 1 saturated carbocycles. The van der Waals surface area contributed by atoms with E-state index in [1.165, 1.54) is 24.8 Å². The molecule has 1 aliphatic carbocycles. The molecular weight excluding hydrogens is 376 g/mol. The lowest BCUT2D eigenvalue weighted by molar-refractivity contribution is -0.129. The van der Waals surface area contributed by atoms with E-state index in [1.54, 1.807) is 0 Å². The minimum absolute atomic E-state index is 0. The van der Waals surface area contributed by atoms with E-state index in [2.05, 4.69) is 51.7 Å². The molecule has 1 amide bonds. The third kappa shape index (κ3) is 4.09. The molecule has 3 rings (SSSR count). The van der Waals surface area contributed by atoms with Crippen LogP contribution in [0.4, 0.5) is 0 Å². The fourth-order valence-corrected chi connectivity index (χ4v) is 4.05. The third-order valence-electron chi connectivity index (χ3n) is 5.38. The molecule has 1 heterocycles. The lowest BCUT2D eigenvalue weighted by Gasteiger charge is -2.41. The fourth-order valence-electron chi connectivity index (χ4n) is 3.66. The minimum Gasteiger partial charge on any atom is -0.346 e. The van der Waals surface area contributed by atoms with Crippen molar-refractivity contribution in [3.63, 3.8) is 0 Å². The first-order valence-corrected chi connectivity index (χ1v) is 9.19. The zero-order chi connectivity index (χ0) is 15.6. The average Bonchev–Trinajstić information content (AvgIpc) is 2.46. The number of benzene rings is 1. The van der Waals surface area contributed by atoms with Crippen LogP contribution in [0.2, 0.25) is 0 Å². The molecule has 3 nitrogen and oxygen atoms in total. The lowest BCUT2D eigenvalue weighted by Crippen LogP contribution is -2.54. The number of halogens is 2. The summed E-state index contributed by atoms with van der Waals surface area (Å²) in [6.45, 7) is 4.01. The number of carbonyl (C=O) groups is 1. The first-order valence-electron chi connectivity index (χ1n) is 8.39. The van der Waals surface area contributed by atoms with Crippen LogP contribution < -0.4 is 10.6 Å². The molecule has 1 saturated heterocycles. The van der Waals surface area contributed by atoms with E-state index in [1.807, 2.05) is 6.07 Å². The van der Waals surface area contributed by atoms with E-state index in [0.717, 1.165) is 30.4 Å². The Kier molecular flexibility index (Phi) is 6.52. The highest BCUT2D eigenvalue weighted by molar-refractivity contribution is 9.10. The molecule has 23 heavy (non-hydrogen) atoms. The van der Waals surface area contributed by atoms with E-state index >= 15 is 0 Å². The SMILES string of the molecule is CC(C(=O)NC1(c2cccc(Br)c2)CCCCC1)C1CNC1.Cl. The Morgan fingerprint density at radius 3 is 2.57 bits per heavy atom. The van der Waals surface area contributed by atoms with Gasteiger partial charge in [0.1, 0.15) is 0 Å². The summed E-state index contributed by atoms with van der Waals surface area (Å²) in [5, 5.41) is 6.70. The maximum Gasteiger partial charge on any atom is 0.223 e. The van der Waals surface area contributed by atoms with E-state index in [0.29, 0.717) is 5.92 Å². The van der Waals surface area contributed by atoms with Gasteiger partial charge in [-0.15, -0.1) is 12.4 Å². The quantitative estimate of drug-likeness (QED) is 0.800. The van der Waals surface area contributed by atoms with Gasteiger partial charge in [0.15, 0.2) is 0 Å². The van der Waals surface area contributed by atoms with Crippen molar-refractivity contribution >= 4 is 34.2 Å². The summed E-state index contributed by atoms with van der Waals surface area (Å²) in [6.07, 6.45) is 5.74. The Bertz CT molecular complexity index is 542. The van der Waals surface area contributed by atoms with Crippen LogP contribution in [0.5, 0.6) is 0 Å². The highest BCUT2D eigenvalue weighted by Crippen LogP contribution is 2.38. The van der Waals surface area contributed by atoms with Gasteiger partial charge in [-0.25, -0.2) is 0 Å². The summed E-state index contributed by atoms with van der Waals surface area (Å²) in [4.78, 5) is 12.8. The van der Waals surface area contributed by atoms with Crippen molar-refractivity contribution < 1.29 is 4.79 Å². The molecule has 1 unspecified atom stereocenters. The Morgan fingerprint density at radius 1 is 1.30 bits per heavy atom. The van der Waals surface area contributed by atoms with E-state index in [-0.39, 0.29) is 29.8 Å². The largest absolute Gasteiger partial charge is 0.346 e. The molecule has 2 fully saturated rings. The molecular formula is C18H26BrClN2O. The zero-order valence-electron chi connectivity index (χ0n) is 13.6. The fraction of sp³-hybridized carbons (Fsp3) is 0.611. The highest BCUT2D eigenvalue weighted by atomic mass is 79.9. The number of hydrogen-bond donors (Lipinski definition) is 2. The Balaban J connectivity index is 0.00000192. The summed E-state index contributed by atoms with van der Waals surface area (Å²) in [6, 6.07) is 8.44. The number of carbonyl (C=O) groups excluding carboxylic acids is 1. The summed E-state index contributed by atoms with van der Waals surface area (Å²) in [5.74, 6) is 0.795. The first kappa shape index (κ1) is 18.8. The van der Waals surface area contributed by atoms with Crippen molar-refractivity contribution in [1.29, 1.82) is 0 Å². The van der Waals surface area contributed by atoms with Gasteiger partial charge in [0.05, 0.1) is 5.54 Å². The maximum absolute atomic E-state index is 12.8. The monoisotopic (exact) mass is 400 g/mol. The topological polar surface area (TPSA) is 41.1 Å². The van der Waals surface area contributed by atoms with Crippen LogP contribution in [0.3, 0.4) is 0 Å². The van der Waals surface area contributed by atoms with E-state index in [4.69, 9.17) is 0 Å². The van der Waals surface area contributed by atoms with Crippen LogP contribution in [0.1, 0.15) is 44.6 Å². The Hall–Kier alpha value is -0.580. The van der Waals surface area contributed by atoms with Crippen LogP contribution >= 0.6 is 28.3 Å². The summed E-state index contributed by atoms with van der Waals surface area (Å²) in [7, 11) is 0. The molecule has 0 aromatic heterocycles. The van der Waals surface area contributed by atoms with Gasteiger partial charge >= 0.3 is 0 Å². The Morgan fingerprint density at radius 2 is 2.00 bits per heavy atom. The highest BCUT2D eigenvalue weighted by Gasteiger charge is 2.38. The van der Waals surface area contributed by atoms with Crippen molar-refractivity contribution in [2.45, 2.75) is 44.6 Å². The molecule has 0 radical (unpaired) electrons. The van der Waals surface area contributed by atoms with Gasteiger partial charge in [0.25, 0.3) is 0 Å². The van der Waals surface area contributed by atoms with Gasteiger partial charge in [0.2, 0.25) is 5.91 Å². The minimum atomic E-state index is -0.176. The second-order valence-electron chi connectivity index (χ2n) is 6.85. The van der Waals surface area contributed by atoms with Crippen molar-refractivity contribution in [2.24, 2.45) is 11.8 Å². The van der Waals surface area contributed by atoms with Crippen LogP contribution in [0.25, 0.3) is 0 Å². The molecule has 1 aromatic carbocycles. The third-order valence-corrected chi connectivity index (χ3v) is 5.87. The van der Waals surface area contributed by atoms with Gasteiger partial charge in [-0.3, -0.25) is 4.79 Å². The van der Waals surface area contributed by atoms with Gasteiger partial charge in [-0.2, -0.15) is 0 Å². The number of hydrogen-bond acceptors (Lipinski definition) is 2. The first-order chi connectivity index (χ1) is 10.6. The van der Waals surface area contributed by atoms with Crippen molar-refractivity contribution in [1.82, 2.24) is 10.6 Å². The summed E-state index contributed by atoms with van der Waals surface area (Å²) >= 11 is 3.57. The van der Waals surface area contributed by atoms with Gasteiger partial charge in [-0.05, 0) is 49.5 Å². The standard InChI is InChI=1S/C18H25BrN2O.ClH/c1-13(14-11-20-12-14)17(22)21-18(8-3-2-4-9-18)15-6-5-7-16(19)10-15;/h5-7,10,13-14,20H,2-4,8-9,11-12H2,1H3,(H,21,22);1H. The average molecular weight is 402 g/mol. The molecule has 5 heteroatoms.